The van der Waals surface area contributed by atoms with Crippen molar-refractivity contribution in [3.63, 3.8) is 0 Å². The molecule has 0 saturated carbocycles. The van der Waals surface area contributed by atoms with Crippen molar-refractivity contribution in [2.45, 2.75) is 31.7 Å². The zero-order valence-corrected chi connectivity index (χ0v) is 19.0. The van der Waals surface area contributed by atoms with Gasteiger partial charge < -0.3 is 4.57 Å². The molecule has 5 heteroatoms. The zero-order valence-electron chi connectivity index (χ0n) is 19.0. The minimum Gasteiger partial charge on any atom is -0.337 e. The molecule has 1 unspecified atom stereocenters. The summed E-state index contributed by atoms with van der Waals surface area (Å²) < 4.78 is 2.04. The van der Waals surface area contributed by atoms with E-state index < -0.39 is 0 Å². The molecule has 0 spiro atoms. The number of hydrogen-bond donors (Lipinski definition) is 0. The summed E-state index contributed by atoms with van der Waals surface area (Å²) in [5.41, 5.74) is 6.06. The second-order valence-corrected chi connectivity index (χ2v) is 9.11. The van der Waals surface area contributed by atoms with E-state index in [1.807, 2.05) is 22.8 Å². The molecule has 168 valence electrons. The Morgan fingerprint density at radius 2 is 1.47 bits per heavy atom. The molecule has 4 aromatic rings. The highest BCUT2D eigenvalue weighted by molar-refractivity contribution is 6.06. The standard InChI is InChI=1S/C29H25N3O2/c1-19-25(33)15-17-31-24(18-32(29(34)28(19)31)26-12-6-7-16-30-26)27-22-10-4-2-8-20(22)13-14-21-9-3-5-11-23(21)27/h2-12,15-17,24,27H,13-14,18H2,1H3. The predicted octanol–water partition coefficient (Wildman–Crippen LogP) is 4.68. The van der Waals surface area contributed by atoms with E-state index in [4.69, 9.17) is 0 Å². The maximum Gasteiger partial charge on any atom is 0.276 e. The average Bonchev–Trinajstić information content (AvgIpc) is 3.04. The number of rotatable bonds is 2. The third-order valence-electron chi connectivity index (χ3n) is 7.30. The van der Waals surface area contributed by atoms with Crippen LogP contribution in [0.3, 0.4) is 0 Å². The number of aryl methyl sites for hydroxylation is 2. The van der Waals surface area contributed by atoms with Crippen molar-refractivity contribution in [2.75, 3.05) is 11.4 Å². The highest BCUT2D eigenvalue weighted by Gasteiger charge is 2.40. The van der Waals surface area contributed by atoms with Crippen molar-refractivity contribution in [1.82, 2.24) is 9.55 Å². The third-order valence-corrected chi connectivity index (χ3v) is 7.30. The molecule has 1 aliphatic carbocycles. The number of amides is 1. The molecule has 0 radical (unpaired) electrons. The number of hydrogen-bond acceptors (Lipinski definition) is 3. The van der Waals surface area contributed by atoms with Crippen LogP contribution in [0.15, 0.2) is 90.0 Å². The van der Waals surface area contributed by atoms with Crippen LogP contribution < -0.4 is 10.3 Å². The van der Waals surface area contributed by atoms with Crippen LogP contribution in [0, 0.1) is 6.92 Å². The Hall–Kier alpha value is -3.99. The fourth-order valence-corrected chi connectivity index (χ4v) is 5.65. The van der Waals surface area contributed by atoms with Gasteiger partial charge in [0.1, 0.15) is 11.5 Å². The van der Waals surface area contributed by atoms with Crippen molar-refractivity contribution >= 4 is 11.7 Å². The number of pyridine rings is 2. The second-order valence-electron chi connectivity index (χ2n) is 9.11. The molecular formula is C29H25N3O2. The van der Waals surface area contributed by atoms with Gasteiger partial charge in [-0.3, -0.25) is 14.5 Å². The Morgan fingerprint density at radius 1 is 0.824 bits per heavy atom. The van der Waals surface area contributed by atoms with Gasteiger partial charge in [-0.1, -0.05) is 54.6 Å². The minimum atomic E-state index is -0.180. The van der Waals surface area contributed by atoms with Gasteiger partial charge in [0.15, 0.2) is 5.43 Å². The first kappa shape index (κ1) is 20.6. The van der Waals surface area contributed by atoms with Gasteiger partial charge in [0.25, 0.3) is 5.91 Å². The van der Waals surface area contributed by atoms with E-state index in [-0.39, 0.29) is 23.3 Å². The summed E-state index contributed by atoms with van der Waals surface area (Å²) in [6, 6.07) is 24.4. The van der Waals surface area contributed by atoms with E-state index >= 15 is 0 Å². The van der Waals surface area contributed by atoms with Crippen LogP contribution in [-0.4, -0.2) is 22.0 Å². The van der Waals surface area contributed by atoms with Crippen LogP contribution in [0.25, 0.3) is 0 Å². The van der Waals surface area contributed by atoms with E-state index in [2.05, 4.69) is 53.5 Å². The number of carbonyl (C=O) groups excluding carboxylic acids is 1. The molecule has 3 heterocycles. The van der Waals surface area contributed by atoms with E-state index in [9.17, 15) is 9.59 Å². The molecule has 34 heavy (non-hydrogen) atoms. The third kappa shape index (κ3) is 3.19. The fraction of sp³-hybridized carbons (Fsp3) is 0.207. The maximum atomic E-state index is 13.7. The molecule has 5 nitrogen and oxygen atoms in total. The first-order valence-electron chi connectivity index (χ1n) is 11.7. The zero-order chi connectivity index (χ0) is 23.2. The van der Waals surface area contributed by atoms with Gasteiger partial charge >= 0.3 is 0 Å². The number of nitrogens with zero attached hydrogens (tertiary/aromatic N) is 3. The first-order chi connectivity index (χ1) is 16.6. The van der Waals surface area contributed by atoms with Crippen molar-refractivity contribution < 1.29 is 4.79 Å². The molecule has 0 N–H and O–H groups in total. The van der Waals surface area contributed by atoms with E-state index in [1.165, 1.54) is 22.3 Å². The lowest BCUT2D eigenvalue weighted by Crippen LogP contribution is -2.47. The van der Waals surface area contributed by atoms with Gasteiger partial charge in [0, 0.05) is 36.5 Å². The normalized spacial score (nSPS) is 17.5. The van der Waals surface area contributed by atoms with Crippen LogP contribution >= 0.6 is 0 Å². The van der Waals surface area contributed by atoms with Crippen molar-refractivity contribution in [2.24, 2.45) is 0 Å². The minimum absolute atomic E-state index is 0.0369. The van der Waals surface area contributed by atoms with Crippen LogP contribution in [0.2, 0.25) is 0 Å². The Morgan fingerprint density at radius 3 is 2.12 bits per heavy atom. The Balaban J connectivity index is 1.62. The Labute approximate surface area is 198 Å². The highest BCUT2D eigenvalue weighted by Crippen LogP contribution is 2.44. The van der Waals surface area contributed by atoms with E-state index in [0.29, 0.717) is 23.6 Å². The smallest absolute Gasteiger partial charge is 0.276 e. The van der Waals surface area contributed by atoms with Crippen molar-refractivity contribution in [1.29, 1.82) is 0 Å². The lowest BCUT2D eigenvalue weighted by molar-refractivity contribution is 0.0949. The second kappa shape index (κ2) is 8.10. The number of carbonyl (C=O) groups is 1. The van der Waals surface area contributed by atoms with Gasteiger partial charge in [-0.25, -0.2) is 4.98 Å². The fourth-order valence-electron chi connectivity index (χ4n) is 5.65. The molecule has 1 amide bonds. The Kier molecular flexibility index (Phi) is 4.91. The molecule has 0 bridgehead atoms. The molecule has 1 atom stereocenters. The quantitative estimate of drug-likeness (QED) is 0.448. The van der Waals surface area contributed by atoms with Crippen LogP contribution in [0.4, 0.5) is 5.82 Å². The summed E-state index contributed by atoms with van der Waals surface area (Å²) in [5.74, 6) is 0.463. The highest BCUT2D eigenvalue weighted by atomic mass is 16.2. The largest absolute Gasteiger partial charge is 0.337 e. The number of anilines is 1. The summed E-state index contributed by atoms with van der Waals surface area (Å²) in [6.45, 7) is 2.22. The Bertz CT molecular complexity index is 1410. The van der Waals surface area contributed by atoms with Gasteiger partial charge in [0.2, 0.25) is 0 Å². The monoisotopic (exact) mass is 447 g/mol. The maximum absolute atomic E-state index is 13.7. The van der Waals surface area contributed by atoms with Crippen LogP contribution in [-0.2, 0) is 12.8 Å². The van der Waals surface area contributed by atoms with Gasteiger partial charge in [0.05, 0.1) is 6.04 Å². The molecule has 2 aromatic carbocycles. The van der Waals surface area contributed by atoms with E-state index in [1.54, 1.807) is 30.3 Å². The first-order valence-corrected chi connectivity index (χ1v) is 11.7. The summed E-state index contributed by atoms with van der Waals surface area (Å²) >= 11 is 0. The molecule has 6 rings (SSSR count). The number of aromatic nitrogens is 2. The lowest BCUT2D eigenvalue weighted by atomic mass is 9.81. The lowest BCUT2D eigenvalue weighted by Gasteiger charge is -2.40. The van der Waals surface area contributed by atoms with Gasteiger partial charge in [-0.05, 0) is 54.2 Å². The topological polar surface area (TPSA) is 55.2 Å². The number of benzene rings is 2. The van der Waals surface area contributed by atoms with Gasteiger partial charge in [-0.15, -0.1) is 0 Å². The van der Waals surface area contributed by atoms with Crippen LogP contribution in [0.5, 0.6) is 0 Å². The summed E-state index contributed by atoms with van der Waals surface area (Å²) in [4.78, 5) is 32.5. The summed E-state index contributed by atoms with van der Waals surface area (Å²) in [5, 5.41) is 0. The molecule has 2 aromatic heterocycles. The summed E-state index contributed by atoms with van der Waals surface area (Å²) in [7, 11) is 0. The van der Waals surface area contributed by atoms with E-state index in [0.717, 1.165) is 12.8 Å². The van der Waals surface area contributed by atoms with Crippen molar-refractivity contribution in [3.8, 4) is 0 Å². The van der Waals surface area contributed by atoms with Crippen LogP contribution in [0.1, 0.15) is 50.3 Å². The average molecular weight is 448 g/mol. The molecular weight excluding hydrogens is 422 g/mol. The predicted molar refractivity (Wildman–Crippen MR) is 133 cm³/mol. The molecule has 0 saturated heterocycles. The molecule has 1 aliphatic heterocycles. The summed E-state index contributed by atoms with van der Waals surface area (Å²) in [6.07, 6.45) is 5.47. The molecule has 0 fully saturated rings. The van der Waals surface area contributed by atoms with Gasteiger partial charge in [-0.2, -0.15) is 0 Å². The number of fused-ring (bicyclic) bond motifs is 3. The van der Waals surface area contributed by atoms with Crippen molar-refractivity contribution in [3.05, 3.63) is 129 Å². The SMILES string of the molecule is Cc1c2n(ccc1=O)C(C1c3ccccc3CCc3ccccc31)CN(c1ccccn1)C2=O. The molecule has 2 aliphatic rings.